The fraction of sp³-hybridized carbons (Fsp3) is 0.854. The molecule has 0 amide bonds. The third-order valence-electron chi connectivity index (χ3n) is 10.1. The molecule has 9 nitrogen and oxygen atoms in total. The summed E-state index contributed by atoms with van der Waals surface area (Å²) in [5.74, 6) is -1.85. The molecule has 1 unspecified atom stereocenters. The van der Waals surface area contributed by atoms with E-state index in [1.807, 2.05) is 4.98 Å². The molecule has 1 fully saturated rings. The second-order valence-electron chi connectivity index (χ2n) is 14.7. The van der Waals surface area contributed by atoms with Crippen LogP contribution >= 0.6 is 0 Å². The molecular weight excluding hydrogens is 651 g/mol. The first kappa shape index (κ1) is 44.7. The van der Waals surface area contributed by atoms with E-state index in [4.69, 9.17) is 14.2 Å². The SMILES string of the molecule is CCCCCCCCCCCCCCCC(=O)OC[C@@H]1O[C@H](n2cc(F)c(=O)[nH]c2=O)CC1OC(=O)CCCCCCCCCCCCCCC. The van der Waals surface area contributed by atoms with Crippen LogP contribution in [-0.4, -0.2) is 40.3 Å². The van der Waals surface area contributed by atoms with Crippen molar-refractivity contribution in [2.45, 2.75) is 218 Å². The number of aromatic nitrogens is 2. The molecule has 1 aromatic heterocycles. The van der Waals surface area contributed by atoms with Crippen molar-refractivity contribution in [1.82, 2.24) is 9.55 Å². The molecule has 1 aliphatic rings. The van der Waals surface area contributed by atoms with Crippen molar-refractivity contribution in [3.63, 3.8) is 0 Å². The van der Waals surface area contributed by atoms with Gasteiger partial charge in [-0.05, 0) is 12.8 Å². The average molecular weight is 723 g/mol. The maximum absolute atomic E-state index is 14.0. The normalized spacial score (nSPS) is 17.2. The maximum atomic E-state index is 14.0. The summed E-state index contributed by atoms with van der Waals surface area (Å²) in [4.78, 5) is 51.2. The van der Waals surface area contributed by atoms with Crippen LogP contribution in [-0.2, 0) is 23.8 Å². The van der Waals surface area contributed by atoms with Gasteiger partial charge in [0.1, 0.15) is 25.0 Å². The number of nitrogens with one attached hydrogen (secondary N) is 1. The highest BCUT2D eigenvalue weighted by Gasteiger charge is 2.40. The molecule has 1 aliphatic heterocycles. The summed E-state index contributed by atoms with van der Waals surface area (Å²) >= 11 is 0. The number of halogens is 1. The first-order valence-electron chi connectivity index (χ1n) is 20.9. The predicted octanol–water partition coefficient (Wildman–Crippen LogP) is 10.4. The maximum Gasteiger partial charge on any atom is 0.330 e. The topological polar surface area (TPSA) is 117 Å². The minimum atomic E-state index is -1.12. The van der Waals surface area contributed by atoms with Crippen molar-refractivity contribution < 1.29 is 28.2 Å². The van der Waals surface area contributed by atoms with Gasteiger partial charge in [0.2, 0.25) is 5.82 Å². The molecule has 2 heterocycles. The van der Waals surface area contributed by atoms with Gasteiger partial charge in [-0.2, -0.15) is 4.39 Å². The number of hydrogen-bond donors (Lipinski definition) is 1. The Morgan fingerprint density at radius 2 is 1.10 bits per heavy atom. The van der Waals surface area contributed by atoms with Gasteiger partial charge in [-0.3, -0.25) is 23.9 Å². The lowest BCUT2D eigenvalue weighted by Crippen LogP contribution is -2.34. The van der Waals surface area contributed by atoms with E-state index in [9.17, 15) is 23.6 Å². The van der Waals surface area contributed by atoms with Gasteiger partial charge in [0.05, 0.1) is 6.20 Å². The molecule has 0 saturated carbocycles. The van der Waals surface area contributed by atoms with E-state index in [1.165, 1.54) is 128 Å². The Balaban J connectivity index is 1.68. The molecule has 0 bridgehead atoms. The standard InChI is InChI=1S/C41H71FN2O7/c1-3-5-7-9-11-13-15-17-19-21-23-25-27-29-38(45)49-33-36-35(31-37(50-36)44-32-34(42)40(47)43-41(44)48)51-39(46)30-28-26-24-22-20-18-16-14-12-10-8-6-4-2/h32,35-37H,3-31,33H2,1-2H3,(H,43,47,48)/t35?,36-,37-/m0/s1. The zero-order valence-electron chi connectivity index (χ0n) is 32.2. The number of hydrogen-bond acceptors (Lipinski definition) is 7. The fourth-order valence-corrected chi connectivity index (χ4v) is 6.87. The van der Waals surface area contributed by atoms with E-state index < -0.39 is 35.5 Å². The smallest absolute Gasteiger partial charge is 0.330 e. The molecule has 0 spiro atoms. The highest BCUT2D eigenvalue weighted by Crippen LogP contribution is 2.31. The third kappa shape index (κ3) is 21.0. The number of unbranched alkanes of at least 4 members (excludes halogenated alkanes) is 24. The van der Waals surface area contributed by atoms with Crippen molar-refractivity contribution in [2.75, 3.05) is 6.61 Å². The third-order valence-corrected chi connectivity index (χ3v) is 10.1. The Kier molecular flexibility index (Phi) is 25.4. The van der Waals surface area contributed by atoms with Crippen LogP contribution in [0, 0.1) is 5.82 Å². The van der Waals surface area contributed by atoms with Crippen LogP contribution in [0.25, 0.3) is 0 Å². The van der Waals surface area contributed by atoms with Gasteiger partial charge in [-0.15, -0.1) is 0 Å². The second kappa shape index (κ2) is 29.0. The Morgan fingerprint density at radius 3 is 1.55 bits per heavy atom. The molecule has 51 heavy (non-hydrogen) atoms. The number of nitrogens with zero attached hydrogens (tertiary/aromatic N) is 1. The van der Waals surface area contributed by atoms with Crippen LogP contribution < -0.4 is 11.2 Å². The highest BCUT2D eigenvalue weighted by molar-refractivity contribution is 5.70. The number of rotatable bonds is 32. The molecule has 0 radical (unpaired) electrons. The largest absolute Gasteiger partial charge is 0.463 e. The van der Waals surface area contributed by atoms with Crippen LogP contribution in [0.5, 0.6) is 0 Å². The van der Waals surface area contributed by atoms with E-state index in [-0.39, 0.29) is 31.4 Å². The number of H-pyrrole nitrogens is 1. The van der Waals surface area contributed by atoms with Crippen molar-refractivity contribution in [3.05, 3.63) is 32.9 Å². The molecule has 0 aromatic carbocycles. The summed E-state index contributed by atoms with van der Waals surface area (Å²) in [5, 5.41) is 0. The first-order chi connectivity index (χ1) is 24.8. The summed E-state index contributed by atoms with van der Waals surface area (Å²) in [6, 6.07) is 0. The lowest BCUT2D eigenvalue weighted by atomic mass is 10.0. The van der Waals surface area contributed by atoms with E-state index in [1.54, 1.807) is 0 Å². The number of carbonyl (C=O) groups is 2. The van der Waals surface area contributed by atoms with Gasteiger partial charge in [0.15, 0.2) is 0 Å². The number of ether oxygens (including phenoxy) is 3. The molecule has 3 atom stereocenters. The summed E-state index contributed by atoms with van der Waals surface area (Å²) in [6.07, 6.45) is 30.4. The summed E-state index contributed by atoms with van der Waals surface area (Å²) in [5.41, 5.74) is -1.95. The summed E-state index contributed by atoms with van der Waals surface area (Å²) in [7, 11) is 0. The van der Waals surface area contributed by atoms with Crippen LogP contribution in [0.1, 0.15) is 206 Å². The fourth-order valence-electron chi connectivity index (χ4n) is 6.87. The van der Waals surface area contributed by atoms with Gasteiger partial charge in [-0.1, -0.05) is 168 Å². The Labute approximate surface area is 307 Å². The molecule has 0 aliphatic carbocycles. The molecule has 2 rings (SSSR count). The number of esters is 2. The van der Waals surface area contributed by atoms with Crippen molar-refractivity contribution >= 4 is 11.9 Å². The van der Waals surface area contributed by atoms with Crippen molar-refractivity contribution in [1.29, 1.82) is 0 Å². The quantitative estimate of drug-likeness (QED) is 0.0581. The zero-order chi connectivity index (χ0) is 36.9. The average Bonchev–Trinajstić information content (AvgIpc) is 3.51. The van der Waals surface area contributed by atoms with Gasteiger partial charge < -0.3 is 14.2 Å². The predicted molar refractivity (Wildman–Crippen MR) is 201 cm³/mol. The van der Waals surface area contributed by atoms with E-state index in [0.29, 0.717) is 6.42 Å². The zero-order valence-corrected chi connectivity index (χ0v) is 32.2. The van der Waals surface area contributed by atoms with Crippen molar-refractivity contribution in [2.24, 2.45) is 0 Å². The lowest BCUT2D eigenvalue weighted by molar-refractivity contribution is -0.158. The highest BCUT2D eigenvalue weighted by atomic mass is 19.1. The summed E-state index contributed by atoms with van der Waals surface area (Å²) in [6.45, 7) is 4.34. The van der Waals surface area contributed by atoms with E-state index >= 15 is 0 Å². The Hall–Kier alpha value is -2.49. The van der Waals surface area contributed by atoms with Crippen LogP contribution in [0.15, 0.2) is 15.8 Å². The lowest BCUT2D eigenvalue weighted by Gasteiger charge is -2.19. The van der Waals surface area contributed by atoms with Gasteiger partial charge in [0.25, 0.3) is 5.56 Å². The Bertz CT molecular complexity index is 1170. The minimum Gasteiger partial charge on any atom is -0.463 e. The molecular formula is C41H71FN2O7. The number of aromatic amines is 1. The van der Waals surface area contributed by atoms with Crippen LogP contribution in [0.4, 0.5) is 4.39 Å². The van der Waals surface area contributed by atoms with Gasteiger partial charge in [-0.25, -0.2) is 4.79 Å². The number of carbonyl (C=O) groups excluding carboxylic acids is 2. The van der Waals surface area contributed by atoms with Gasteiger partial charge in [0, 0.05) is 19.3 Å². The van der Waals surface area contributed by atoms with Crippen LogP contribution in [0.3, 0.4) is 0 Å². The molecule has 1 aromatic rings. The molecule has 10 heteroatoms. The van der Waals surface area contributed by atoms with Crippen LogP contribution in [0.2, 0.25) is 0 Å². The summed E-state index contributed by atoms with van der Waals surface area (Å²) < 4.78 is 32.2. The monoisotopic (exact) mass is 723 g/mol. The Morgan fingerprint density at radius 1 is 0.686 bits per heavy atom. The minimum absolute atomic E-state index is 0.0663. The molecule has 1 N–H and O–H groups in total. The van der Waals surface area contributed by atoms with E-state index in [0.717, 1.165) is 49.3 Å². The van der Waals surface area contributed by atoms with Gasteiger partial charge >= 0.3 is 17.6 Å². The molecule has 294 valence electrons. The molecule has 1 saturated heterocycles. The van der Waals surface area contributed by atoms with E-state index in [2.05, 4.69) is 13.8 Å². The first-order valence-corrected chi connectivity index (χ1v) is 20.9. The van der Waals surface area contributed by atoms with Crippen molar-refractivity contribution in [3.8, 4) is 0 Å². The second-order valence-corrected chi connectivity index (χ2v) is 14.7.